The number of piperidine rings is 1. The second kappa shape index (κ2) is 5.96. The molecule has 4 heteroatoms. The van der Waals surface area contributed by atoms with Crippen molar-refractivity contribution in [1.82, 2.24) is 4.90 Å². The molecule has 0 radical (unpaired) electrons. The molecule has 0 bridgehead atoms. The van der Waals surface area contributed by atoms with Crippen LogP contribution in [0.5, 0.6) is 0 Å². The Bertz CT molecular complexity index is 422. The van der Waals surface area contributed by atoms with Gasteiger partial charge < -0.3 is 4.74 Å². The summed E-state index contributed by atoms with van der Waals surface area (Å²) in [5.74, 6) is -0.415. The van der Waals surface area contributed by atoms with Crippen molar-refractivity contribution in [2.75, 3.05) is 20.2 Å². The van der Waals surface area contributed by atoms with Crippen LogP contribution in [-0.2, 0) is 16.1 Å². The number of nitrogens with zero attached hydrogens (tertiary/aromatic N) is 1. The molecule has 1 aliphatic heterocycles. The molecule has 18 heavy (non-hydrogen) atoms. The largest absolute Gasteiger partial charge is 0.469 e. The fraction of sp³-hybridized carbons (Fsp3) is 0.500. The number of rotatable bonds is 3. The summed E-state index contributed by atoms with van der Waals surface area (Å²) in [6.45, 7) is 2.11. The number of esters is 1. The molecule has 1 atom stereocenters. The molecular formula is C14H18FNO2. The van der Waals surface area contributed by atoms with Gasteiger partial charge in [0, 0.05) is 18.7 Å². The van der Waals surface area contributed by atoms with Crippen molar-refractivity contribution in [3.63, 3.8) is 0 Å². The zero-order valence-corrected chi connectivity index (χ0v) is 10.6. The number of benzene rings is 1. The first-order chi connectivity index (χ1) is 8.70. The molecule has 1 fully saturated rings. The van der Waals surface area contributed by atoms with Crippen molar-refractivity contribution in [2.24, 2.45) is 5.92 Å². The van der Waals surface area contributed by atoms with Crippen LogP contribution in [0.15, 0.2) is 24.3 Å². The quantitative estimate of drug-likeness (QED) is 0.771. The number of hydrogen-bond donors (Lipinski definition) is 0. The van der Waals surface area contributed by atoms with Gasteiger partial charge in [-0.05, 0) is 25.5 Å². The number of ether oxygens (including phenoxy) is 1. The molecular weight excluding hydrogens is 233 g/mol. The van der Waals surface area contributed by atoms with E-state index in [0.717, 1.165) is 19.4 Å². The monoisotopic (exact) mass is 251 g/mol. The highest BCUT2D eigenvalue weighted by Gasteiger charge is 2.26. The Labute approximate surface area is 107 Å². The highest BCUT2D eigenvalue weighted by atomic mass is 19.1. The van der Waals surface area contributed by atoms with E-state index >= 15 is 0 Å². The molecule has 0 saturated carbocycles. The summed E-state index contributed by atoms with van der Waals surface area (Å²) in [7, 11) is 1.41. The summed E-state index contributed by atoms with van der Waals surface area (Å²) >= 11 is 0. The molecule has 0 aliphatic carbocycles. The van der Waals surface area contributed by atoms with Crippen LogP contribution in [0.4, 0.5) is 4.39 Å². The average Bonchev–Trinajstić information content (AvgIpc) is 2.41. The Balaban J connectivity index is 1.98. The minimum absolute atomic E-state index is 0.0736. The van der Waals surface area contributed by atoms with Crippen molar-refractivity contribution in [1.29, 1.82) is 0 Å². The van der Waals surface area contributed by atoms with Crippen molar-refractivity contribution >= 4 is 5.97 Å². The predicted octanol–water partition coefficient (Wildman–Crippen LogP) is 2.21. The molecule has 1 aromatic rings. The van der Waals surface area contributed by atoms with Crippen LogP contribution in [0.25, 0.3) is 0 Å². The number of carbonyl (C=O) groups excluding carboxylic acids is 1. The van der Waals surface area contributed by atoms with Gasteiger partial charge in [-0.15, -0.1) is 0 Å². The van der Waals surface area contributed by atoms with Crippen LogP contribution in [-0.4, -0.2) is 31.1 Å². The van der Waals surface area contributed by atoms with E-state index in [4.69, 9.17) is 4.74 Å². The highest BCUT2D eigenvalue weighted by Crippen LogP contribution is 2.20. The standard InChI is InChI=1S/C14H18FNO2/c1-18-14(17)12-6-4-8-16(10-12)9-11-5-2-3-7-13(11)15/h2-3,5,7,12H,4,6,8-10H2,1H3/t12-/m0/s1. The highest BCUT2D eigenvalue weighted by molar-refractivity contribution is 5.72. The molecule has 2 rings (SSSR count). The maximum absolute atomic E-state index is 13.5. The van der Waals surface area contributed by atoms with Crippen molar-refractivity contribution in [3.05, 3.63) is 35.6 Å². The molecule has 1 aromatic carbocycles. The van der Waals surface area contributed by atoms with Gasteiger partial charge in [-0.2, -0.15) is 0 Å². The first-order valence-corrected chi connectivity index (χ1v) is 6.24. The third kappa shape index (κ3) is 3.07. The maximum atomic E-state index is 13.5. The number of carbonyl (C=O) groups is 1. The van der Waals surface area contributed by atoms with E-state index in [2.05, 4.69) is 4.90 Å². The lowest BCUT2D eigenvalue weighted by molar-refractivity contribution is -0.147. The average molecular weight is 251 g/mol. The van der Waals surface area contributed by atoms with Crippen molar-refractivity contribution < 1.29 is 13.9 Å². The lowest BCUT2D eigenvalue weighted by Crippen LogP contribution is -2.38. The number of methoxy groups -OCH3 is 1. The van der Waals surface area contributed by atoms with Gasteiger partial charge in [-0.3, -0.25) is 9.69 Å². The second-order valence-electron chi connectivity index (χ2n) is 4.69. The van der Waals surface area contributed by atoms with Gasteiger partial charge in [0.2, 0.25) is 0 Å². The Morgan fingerprint density at radius 2 is 2.28 bits per heavy atom. The van der Waals surface area contributed by atoms with Gasteiger partial charge in [0.25, 0.3) is 0 Å². The molecule has 0 spiro atoms. The smallest absolute Gasteiger partial charge is 0.309 e. The lowest BCUT2D eigenvalue weighted by Gasteiger charge is -2.31. The summed E-state index contributed by atoms with van der Waals surface area (Å²) in [4.78, 5) is 13.6. The van der Waals surface area contributed by atoms with Crippen LogP contribution in [0.2, 0.25) is 0 Å². The Morgan fingerprint density at radius 1 is 1.50 bits per heavy atom. The molecule has 98 valence electrons. The number of likely N-dealkylation sites (tertiary alicyclic amines) is 1. The minimum atomic E-state index is -0.183. The van der Waals surface area contributed by atoms with Crippen molar-refractivity contribution in [3.8, 4) is 0 Å². The van der Waals surface area contributed by atoms with E-state index in [1.54, 1.807) is 12.1 Å². The van der Waals surface area contributed by atoms with E-state index in [1.807, 2.05) is 6.07 Å². The topological polar surface area (TPSA) is 29.5 Å². The van der Waals surface area contributed by atoms with Crippen molar-refractivity contribution in [2.45, 2.75) is 19.4 Å². The molecule has 3 nitrogen and oxygen atoms in total. The molecule has 0 amide bonds. The second-order valence-corrected chi connectivity index (χ2v) is 4.69. The first-order valence-electron chi connectivity index (χ1n) is 6.24. The van der Waals surface area contributed by atoms with Crippen LogP contribution in [0.3, 0.4) is 0 Å². The molecule has 1 heterocycles. The van der Waals surface area contributed by atoms with Crippen LogP contribution >= 0.6 is 0 Å². The third-order valence-corrected chi connectivity index (χ3v) is 3.39. The van der Waals surface area contributed by atoms with Gasteiger partial charge in [-0.25, -0.2) is 4.39 Å². The van der Waals surface area contributed by atoms with E-state index in [1.165, 1.54) is 13.2 Å². The fourth-order valence-electron chi connectivity index (χ4n) is 2.43. The SMILES string of the molecule is COC(=O)[C@H]1CCCN(Cc2ccccc2F)C1. The molecule has 0 unspecified atom stereocenters. The summed E-state index contributed by atoms with van der Waals surface area (Å²) < 4.78 is 18.3. The number of halogens is 1. The van der Waals surface area contributed by atoms with Crippen LogP contribution in [0, 0.1) is 11.7 Å². The molecule has 1 aliphatic rings. The first kappa shape index (κ1) is 13.0. The van der Waals surface area contributed by atoms with E-state index in [-0.39, 0.29) is 17.7 Å². The zero-order chi connectivity index (χ0) is 13.0. The maximum Gasteiger partial charge on any atom is 0.309 e. The molecule has 0 aromatic heterocycles. The van der Waals surface area contributed by atoms with Gasteiger partial charge in [0.1, 0.15) is 5.82 Å². The lowest BCUT2D eigenvalue weighted by atomic mass is 9.98. The zero-order valence-electron chi connectivity index (χ0n) is 10.6. The van der Waals surface area contributed by atoms with E-state index < -0.39 is 0 Å². The van der Waals surface area contributed by atoms with E-state index in [0.29, 0.717) is 18.7 Å². The summed E-state index contributed by atoms with van der Waals surface area (Å²) in [6.07, 6.45) is 1.81. The van der Waals surface area contributed by atoms with Gasteiger partial charge in [-0.1, -0.05) is 18.2 Å². The number of hydrogen-bond acceptors (Lipinski definition) is 3. The Hall–Kier alpha value is -1.42. The van der Waals surface area contributed by atoms with Gasteiger partial charge in [0.05, 0.1) is 13.0 Å². The fourth-order valence-corrected chi connectivity index (χ4v) is 2.43. The Kier molecular flexibility index (Phi) is 4.31. The summed E-state index contributed by atoms with van der Waals surface area (Å²) in [5, 5.41) is 0. The molecule has 0 N–H and O–H groups in total. The summed E-state index contributed by atoms with van der Waals surface area (Å²) in [5.41, 5.74) is 0.683. The molecule has 1 saturated heterocycles. The third-order valence-electron chi connectivity index (χ3n) is 3.39. The van der Waals surface area contributed by atoms with Gasteiger partial charge >= 0.3 is 5.97 Å². The predicted molar refractivity (Wildman–Crippen MR) is 66.4 cm³/mol. The minimum Gasteiger partial charge on any atom is -0.469 e. The normalized spacial score (nSPS) is 20.7. The Morgan fingerprint density at radius 3 is 3.00 bits per heavy atom. The van der Waals surface area contributed by atoms with E-state index in [9.17, 15) is 9.18 Å². The van der Waals surface area contributed by atoms with Gasteiger partial charge in [0.15, 0.2) is 0 Å². The van der Waals surface area contributed by atoms with Crippen LogP contribution in [0.1, 0.15) is 18.4 Å². The van der Waals surface area contributed by atoms with Crippen LogP contribution < -0.4 is 0 Å². The summed E-state index contributed by atoms with van der Waals surface area (Å²) in [6, 6.07) is 6.78.